The molecule has 2 aromatic rings. The standard InChI is InChI=1S/C9H5ClF2N4O2/c10-3-5-4-15(14-13-5)9-7(16(17)18)2-1-6(11)8(9)12/h1-2,4H,3H2. The molecule has 18 heavy (non-hydrogen) atoms. The van der Waals surface area contributed by atoms with Crippen LogP contribution in [0.1, 0.15) is 5.69 Å². The van der Waals surface area contributed by atoms with Crippen molar-refractivity contribution in [1.29, 1.82) is 0 Å². The van der Waals surface area contributed by atoms with Gasteiger partial charge >= 0.3 is 0 Å². The molecule has 94 valence electrons. The predicted molar refractivity (Wildman–Crippen MR) is 57.5 cm³/mol. The molecule has 0 atom stereocenters. The second-order valence-electron chi connectivity index (χ2n) is 3.27. The second-order valence-corrected chi connectivity index (χ2v) is 3.54. The lowest BCUT2D eigenvalue weighted by Crippen LogP contribution is -2.05. The summed E-state index contributed by atoms with van der Waals surface area (Å²) in [5.74, 6) is -2.57. The quantitative estimate of drug-likeness (QED) is 0.488. The molecule has 0 aliphatic carbocycles. The third-order valence-corrected chi connectivity index (χ3v) is 2.43. The van der Waals surface area contributed by atoms with Crippen LogP contribution in [0.2, 0.25) is 0 Å². The highest BCUT2D eigenvalue weighted by molar-refractivity contribution is 6.16. The molecule has 1 aromatic carbocycles. The minimum absolute atomic E-state index is 0.00469. The van der Waals surface area contributed by atoms with Gasteiger partial charge in [0.05, 0.1) is 22.7 Å². The molecule has 0 fully saturated rings. The highest BCUT2D eigenvalue weighted by atomic mass is 35.5. The van der Waals surface area contributed by atoms with Gasteiger partial charge in [0.15, 0.2) is 17.3 Å². The van der Waals surface area contributed by atoms with Gasteiger partial charge in [-0.2, -0.15) is 0 Å². The van der Waals surface area contributed by atoms with Crippen molar-refractivity contribution < 1.29 is 13.7 Å². The second kappa shape index (κ2) is 4.65. The number of benzene rings is 1. The van der Waals surface area contributed by atoms with Gasteiger partial charge in [0.25, 0.3) is 5.69 Å². The summed E-state index contributed by atoms with van der Waals surface area (Å²) in [6, 6.07) is 1.53. The number of aromatic nitrogens is 3. The van der Waals surface area contributed by atoms with Crippen LogP contribution >= 0.6 is 11.6 Å². The van der Waals surface area contributed by atoms with Crippen LogP contribution in [0.4, 0.5) is 14.5 Å². The third-order valence-electron chi connectivity index (χ3n) is 2.15. The molecule has 0 amide bonds. The molecule has 2 rings (SSSR count). The first-order valence-electron chi connectivity index (χ1n) is 4.64. The van der Waals surface area contributed by atoms with E-state index in [0.29, 0.717) is 6.07 Å². The van der Waals surface area contributed by atoms with E-state index in [4.69, 9.17) is 11.6 Å². The molecule has 0 spiro atoms. The smallest absolute Gasteiger partial charge is 0.258 e. The maximum absolute atomic E-state index is 13.6. The molecular weight excluding hydrogens is 270 g/mol. The summed E-state index contributed by atoms with van der Waals surface area (Å²) in [7, 11) is 0. The lowest BCUT2D eigenvalue weighted by Gasteiger charge is -2.03. The number of halogens is 3. The SMILES string of the molecule is O=[N+]([O-])c1ccc(F)c(F)c1-n1cc(CCl)nn1. The van der Waals surface area contributed by atoms with Gasteiger partial charge in [-0.25, -0.2) is 13.5 Å². The van der Waals surface area contributed by atoms with Crippen molar-refractivity contribution in [2.45, 2.75) is 5.88 Å². The van der Waals surface area contributed by atoms with Gasteiger partial charge in [-0.15, -0.1) is 16.7 Å². The molecule has 0 radical (unpaired) electrons. The molecule has 0 aliphatic rings. The van der Waals surface area contributed by atoms with Crippen molar-refractivity contribution in [2.75, 3.05) is 0 Å². The van der Waals surface area contributed by atoms with Crippen LogP contribution in [0, 0.1) is 21.7 Å². The lowest BCUT2D eigenvalue weighted by atomic mass is 10.2. The van der Waals surface area contributed by atoms with Gasteiger partial charge in [-0.05, 0) is 6.07 Å². The van der Waals surface area contributed by atoms with Gasteiger partial charge in [-0.3, -0.25) is 10.1 Å². The summed E-state index contributed by atoms with van der Waals surface area (Å²) >= 11 is 5.48. The van der Waals surface area contributed by atoms with Crippen LogP contribution in [0.5, 0.6) is 0 Å². The molecule has 1 aromatic heterocycles. The normalized spacial score (nSPS) is 10.6. The molecule has 0 bridgehead atoms. The number of nitro benzene ring substituents is 1. The van der Waals surface area contributed by atoms with Crippen molar-refractivity contribution in [1.82, 2.24) is 15.0 Å². The molecule has 1 heterocycles. The lowest BCUT2D eigenvalue weighted by molar-refractivity contribution is -0.384. The molecule has 0 unspecified atom stereocenters. The van der Waals surface area contributed by atoms with Gasteiger partial charge in [-0.1, -0.05) is 5.21 Å². The largest absolute Gasteiger partial charge is 0.298 e. The maximum Gasteiger partial charge on any atom is 0.298 e. The van der Waals surface area contributed by atoms with E-state index in [-0.39, 0.29) is 11.6 Å². The zero-order valence-electron chi connectivity index (χ0n) is 8.68. The van der Waals surface area contributed by atoms with Crippen molar-refractivity contribution in [3.05, 3.63) is 45.8 Å². The molecule has 9 heteroatoms. The van der Waals surface area contributed by atoms with Gasteiger partial charge < -0.3 is 0 Å². The van der Waals surface area contributed by atoms with E-state index < -0.39 is 27.9 Å². The average molecular weight is 275 g/mol. The monoisotopic (exact) mass is 274 g/mol. The van der Waals surface area contributed by atoms with Crippen LogP contribution in [0.25, 0.3) is 5.69 Å². The molecule has 0 N–H and O–H groups in total. The Morgan fingerprint density at radius 3 is 2.72 bits per heavy atom. The Morgan fingerprint density at radius 1 is 1.44 bits per heavy atom. The number of hydrogen-bond donors (Lipinski definition) is 0. The predicted octanol–water partition coefficient (Wildman–Crippen LogP) is 2.19. The number of hydrogen-bond acceptors (Lipinski definition) is 4. The number of rotatable bonds is 3. The van der Waals surface area contributed by atoms with E-state index in [9.17, 15) is 18.9 Å². The van der Waals surface area contributed by atoms with Gasteiger partial charge in [0, 0.05) is 6.07 Å². The first-order valence-corrected chi connectivity index (χ1v) is 5.18. The van der Waals surface area contributed by atoms with Crippen molar-refractivity contribution >= 4 is 17.3 Å². The van der Waals surface area contributed by atoms with Crippen LogP contribution in [-0.2, 0) is 5.88 Å². The Hall–Kier alpha value is -2.09. The summed E-state index contributed by atoms with van der Waals surface area (Å²) in [4.78, 5) is 9.93. The minimum atomic E-state index is -1.37. The minimum Gasteiger partial charge on any atom is -0.258 e. The van der Waals surface area contributed by atoms with Crippen molar-refractivity contribution in [2.24, 2.45) is 0 Å². The van der Waals surface area contributed by atoms with Crippen molar-refractivity contribution in [3.8, 4) is 5.69 Å². The molecular formula is C9H5ClF2N4O2. The zero-order chi connectivity index (χ0) is 13.3. The summed E-state index contributed by atoms with van der Waals surface area (Å²) in [6.07, 6.45) is 1.19. The Labute approximate surface area is 104 Å². The molecule has 6 nitrogen and oxygen atoms in total. The number of nitrogens with zero attached hydrogens (tertiary/aromatic N) is 4. The van der Waals surface area contributed by atoms with E-state index >= 15 is 0 Å². The molecule has 0 saturated carbocycles. The zero-order valence-corrected chi connectivity index (χ0v) is 9.43. The summed E-state index contributed by atoms with van der Waals surface area (Å²) in [5, 5.41) is 17.8. The van der Waals surface area contributed by atoms with Crippen molar-refractivity contribution in [3.63, 3.8) is 0 Å². The number of nitro groups is 1. The van der Waals surface area contributed by atoms with E-state index in [2.05, 4.69) is 10.3 Å². The van der Waals surface area contributed by atoms with Crippen LogP contribution in [0.3, 0.4) is 0 Å². The Balaban J connectivity index is 2.67. The van der Waals surface area contributed by atoms with E-state index in [1.807, 2.05) is 0 Å². The van der Waals surface area contributed by atoms with Gasteiger partial charge in [0.2, 0.25) is 0 Å². The summed E-state index contributed by atoms with van der Waals surface area (Å²) < 4.78 is 27.5. The summed E-state index contributed by atoms with van der Waals surface area (Å²) in [5.41, 5.74) is -0.932. The van der Waals surface area contributed by atoms with E-state index in [1.54, 1.807) is 0 Å². The highest BCUT2D eigenvalue weighted by Gasteiger charge is 2.24. The van der Waals surface area contributed by atoms with Crippen LogP contribution < -0.4 is 0 Å². The number of alkyl halides is 1. The maximum atomic E-state index is 13.6. The van der Waals surface area contributed by atoms with E-state index in [1.165, 1.54) is 6.20 Å². The van der Waals surface area contributed by atoms with E-state index in [0.717, 1.165) is 10.7 Å². The Kier molecular flexibility index (Phi) is 3.19. The van der Waals surface area contributed by atoms with Crippen LogP contribution in [-0.4, -0.2) is 19.9 Å². The first-order chi connectivity index (χ1) is 8.54. The fourth-order valence-electron chi connectivity index (χ4n) is 1.36. The average Bonchev–Trinajstić information content (AvgIpc) is 2.80. The summed E-state index contributed by atoms with van der Waals surface area (Å²) in [6.45, 7) is 0. The van der Waals surface area contributed by atoms with Crippen LogP contribution in [0.15, 0.2) is 18.3 Å². The fraction of sp³-hybridized carbons (Fsp3) is 0.111. The molecule has 0 saturated heterocycles. The Bertz CT molecular complexity index is 617. The van der Waals surface area contributed by atoms with Gasteiger partial charge in [0.1, 0.15) is 0 Å². The first kappa shape index (κ1) is 12.4. The third kappa shape index (κ3) is 2.02. The highest BCUT2D eigenvalue weighted by Crippen LogP contribution is 2.27. The topological polar surface area (TPSA) is 73.8 Å². The Morgan fingerprint density at radius 2 is 2.17 bits per heavy atom. The molecule has 0 aliphatic heterocycles. The fourth-order valence-corrected chi connectivity index (χ4v) is 1.49.